The van der Waals surface area contributed by atoms with Gasteiger partial charge >= 0.3 is 0 Å². The quantitative estimate of drug-likeness (QED) is 0.265. The number of carbonyl (C=O) groups is 1. The number of benzene rings is 3. The van der Waals surface area contributed by atoms with Gasteiger partial charge < -0.3 is 9.88 Å². The molecule has 1 heterocycles. The number of aromatic nitrogens is 1. The molecule has 0 bridgehead atoms. The average Bonchev–Trinajstić information content (AvgIpc) is 3.16. The Kier molecular flexibility index (Phi) is 6.27. The van der Waals surface area contributed by atoms with Crippen LogP contribution in [0.25, 0.3) is 17.0 Å². The number of amides is 1. The topological polar surface area (TPSA) is 57.8 Å². The molecule has 0 spiro atoms. The first kappa shape index (κ1) is 21.6. The zero-order chi connectivity index (χ0) is 22.7. The predicted molar refractivity (Wildman–Crippen MR) is 126 cm³/mol. The zero-order valence-corrected chi connectivity index (χ0v) is 18.2. The Bertz CT molecular complexity index is 1400. The van der Waals surface area contributed by atoms with Crippen molar-refractivity contribution in [2.75, 3.05) is 5.32 Å². The van der Waals surface area contributed by atoms with Crippen LogP contribution in [0, 0.1) is 17.1 Å². The summed E-state index contributed by atoms with van der Waals surface area (Å²) in [7, 11) is 0. The van der Waals surface area contributed by atoms with Gasteiger partial charge in [0.1, 0.15) is 17.5 Å². The van der Waals surface area contributed by atoms with Crippen LogP contribution < -0.4 is 5.32 Å². The molecule has 1 amide bonds. The molecule has 0 aliphatic heterocycles. The monoisotopic (exact) mass is 463 g/mol. The van der Waals surface area contributed by atoms with Gasteiger partial charge in [0, 0.05) is 28.7 Å². The van der Waals surface area contributed by atoms with Crippen LogP contribution in [0.4, 0.5) is 10.1 Å². The summed E-state index contributed by atoms with van der Waals surface area (Å²) in [6.07, 6.45) is 3.44. The van der Waals surface area contributed by atoms with E-state index < -0.39 is 5.91 Å². The number of anilines is 1. The van der Waals surface area contributed by atoms with E-state index in [1.807, 2.05) is 47.2 Å². The third kappa shape index (κ3) is 4.83. The van der Waals surface area contributed by atoms with Crippen LogP contribution in [-0.2, 0) is 11.3 Å². The van der Waals surface area contributed by atoms with Crippen LogP contribution in [0.2, 0.25) is 10.0 Å². The molecule has 1 N–H and O–H groups in total. The van der Waals surface area contributed by atoms with E-state index in [4.69, 9.17) is 23.2 Å². The third-order valence-corrected chi connectivity index (χ3v) is 5.44. The standard InChI is InChI=1S/C25H16Cl2FN3O/c26-20-5-6-23(22(27)13-20)30-25(32)19(14-29)11-16-4-7-24-18(10-16)8-9-31(24)15-17-2-1-3-21(28)12-17/h1-13H,15H2,(H,30,32)/b19-11+. The summed E-state index contributed by atoms with van der Waals surface area (Å²) in [5.74, 6) is -0.839. The van der Waals surface area contributed by atoms with Gasteiger partial charge in [-0.05, 0) is 65.7 Å². The van der Waals surface area contributed by atoms with Crippen molar-refractivity contribution in [3.63, 3.8) is 0 Å². The first-order chi connectivity index (χ1) is 15.4. The molecule has 0 saturated heterocycles. The van der Waals surface area contributed by atoms with Gasteiger partial charge in [-0.25, -0.2) is 4.39 Å². The Balaban J connectivity index is 1.57. The Labute approximate surface area is 194 Å². The molecule has 3 aromatic carbocycles. The molecule has 0 unspecified atom stereocenters. The fourth-order valence-electron chi connectivity index (χ4n) is 3.37. The fraction of sp³-hybridized carbons (Fsp3) is 0.0400. The molecule has 158 valence electrons. The summed E-state index contributed by atoms with van der Waals surface area (Å²) in [6.45, 7) is 0.532. The van der Waals surface area contributed by atoms with Gasteiger partial charge in [0.05, 0.1) is 10.7 Å². The largest absolute Gasteiger partial charge is 0.343 e. The highest BCUT2D eigenvalue weighted by molar-refractivity contribution is 6.36. The van der Waals surface area contributed by atoms with E-state index in [0.29, 0.717) is 22.8 Å². The lowest BCUT2D eigenvalue weighted by atomic mass is 10.1. The SMILES string of the molecule is N#C/C(=C\c1ccc2c(ccn2Cc2cccc(F)c2)c1)C(=O)Nc1ccc(Cl)cc1Cl. The predicted octanol–water partition coefficient (Wildman–Crippen LogP) is 6.68. The van der Waals surface area contributed by atoms with Crippen molar-refractivity contribution in [1.82, 2.24) is 4.57 Å². The fourth-order valence-corrected chi connectivity index (χ4v) is 3.83. The van der Waals surface area contributed by atoms with Crippen LogP contribution in [0.15, 0.2) is 78.5 Å². The maximum Gasteiger partial charge on any atom is 0.266 e. The summed E-state index contributed by atoms with van der Waals surface area (Å²) in [5, 5.41) is 13.8. The number of nitrogens with zero attached hydrogens (tertiary/aromatic N) is 2. The van der Waals surface area contributed by atoms with Gasteiger partial charge in [-0.15, -0.1) is 0 Å². The summed E-state index contributed by atoms with van der Waals surface area (Å²) >= 11 is 12.0. The van der Waals surface area contributed by atoms with Gasteiger partial charge in [0.2, 0.25) is 0 Å². The van der Waals surface area contributed by atoms with Crippen LogP contribution >= 0.6 is 23.2 Å². The number of rotatable bonds is 5. The van der Waals surface area contributed by atoms with Crippen molar-refractivity contribution >= 4 is 51.8 Å². The Hall–Kier alpha value is -3.59. The summed E-state index contributed by atoms with van der Waals surface area (Å²) in [4.78, 5) is 12.6. The van der Waals surface area contributed by atoms with E-state index >= 15 is 0 Å². The number of halogens is 3. The molecule has 4 aromatic rings. The van der Waals surface area contributed by atoms with Crippen molar-refractivity contribution in [3.05, 3.63) is 105 Å². The first-order valence-corrected chi connectivity index (χ1v) is 10.4. The number of nitriles is 1. The van der Waals surface area contributed by atoms with Gasteiger partial charge in [-0.1, -0.05) is 41.4 Å². The molecular weight excluding hydrogens is 448 g/mol. The van der Waals surface area contributed by atoms with Crippen LogP contribution in [0.5, 0.6) is 0 Å². The molecule has 32 heavy (non-hydrogen) atoms. The molecule has 0 aliphatic rings. The molecular formula is C25H16Cl2FN3O. The minimum Gasteiger partial charge on any atom is -0.343 e. The van der Waals surface area contributed by atoms with E-state index in [0.717, 1.165) is 16.5 Å². The summed E-state index contributed by atoms with van der Waals surface area (Å²) < 4.78 is 15.5. The van der Waals surface area contributed by atoms with Crippen molar-refractivity contribution in [3.8, 4) is 6.07 Å². The molecule has 0 radical (unpaired) electrons. The lowest BCUT2D eigenvalue weighted by molar-refractivity contribution is -0.112. The number of carbonyl (C=O) groups excluding carboxylic acids is 1. The van der Waals surface area contributed by atoms with Crippen LogP contribution in [0.3, 0.4) is 0 Å². The zero-order valence-electron chi connectivity index (χ0n) is 16.6. The van der Waals surface area contributed by atoms with Gasteiger partial charge in [0.15, 0.2) is 0 Å². The number of hydrogen-bond acceptors (Lipinski definition) is 2. The molecule has 4 nitrogen and oxygen atoms in total. The number of hydrogen-bond donors (Lipinski definition) is 1. The van der Waals surface area contributed by atoms with E-state index in [1.54, 1.807) is 18.2 Å². The van der Waals surface area contributed by atoms with Gasteiger partial charge in [-0.2, -0.15) is 5.26 Å². The lowest BCUT2D eigenvalue weighted by Gasteiger charge is -2.07. The molecule has 0 fully saturated rings. The highest BCUT2D eigenvalue weighted by Gasteiger charge is 2.12. The number of nitrogens with one attached hydrogen (secondary N) is 1. The minimum absolute atomic E-state index is 0.0606. The second kappa shape index (κ2) is 9.27. The van der Waals surface area contributed by atoms with Crippen molar-refractivity contribution in [2.45, 2.75) is 6.54 Å². The van der Waals surface area contributed by atoms with E-state index in [9.17, 15) is 14.4 Å². The highest BCUT2D eigenvalue weighted by Crippen LogP contribution is 2.26. The molecule has 0 atom stereocenters. The highest BCUT2D eigenvalue weighted by atomic mass is 35.5. The Morgan fingerprint density at radius 3 is 2.69 bits per heavy atom. The van der Waals surface area contributed by atoms with Crippen LogP contribution in [-0.4, -0.2) is 10.5 Å². The molecule has 1 aromatic heterocycles. The molecule has 0 aliphatic carbocycles. The molecule has 7 heteroatoms. The normalized spacial score (nSPS) is 11.4. The second-order valence-corrected chi connectivity index (χ2v) is 7.98. The smallest absolute Gasteiger partial charge is 0.266 e. The molecule has 4 rings (SSSR count). The van der Waals surface area contributed by atoms with E-state index in [1.165, 1.54) is 24.3 Å². The van der Waals surface area contributed by atoms with E-state index in [2.05, 4.69) is 5.32 Å². The maximum absolute atomic E-state index is 13.5. The minimum atomic E-state index is -0.569. The number of fused-ring (bicyclic) bond motifs is 1. The van der Waals surface area contributed by atoms with Crippen molar-refractivity contribution in [2.24, 2.45) is 0 Å². The van der Waals surface area contributed by atoms with Crippen molar-refractivity contribution < 1.29 is 9.18 Å². The Morgan fingerprint density at radius 1 is 1.09 bits per heavy atom. The maximum atomic E-state index is 13.5. The third-order valence-electron chi connectivity index (χ3n) is 4.89. The van der Waals surface area contributed by atoms with Crippen molar-refractivity contribution in [1.29, 1.82) is 5.26 Å². The lowest BCUT2D eigenvalue weighted by Crippen LogP contribution is -2.13. The average molecular weight is 464 g/mol. The second-order valence-electron chi connectivity index (χ2n) is 7.14. The van der Waals surface area contributed by atoms with Gasteiger partial charge in [0.25, 0.3) is 5.91 Å². The summed E-state index contributed by atoms with van der Waals surface area (Å²) in [6, 6.07) is 20.6. The van der Waals surface area contributed by atoms with Crippen LogP contribution in [0.1, 0.15) is 11.1 Å². The summed E-state index contributed by atoms with van der Waals surface area (Å²) in [5.41, 5.74) is 2.83. The molecule has 0 saturated carbocycles. The van der Waals surface area contributed by atoms with Gasteiger partial charge in [-0.3, -0.25) is 4.79 Å². The first-order valence-electron chi connectivity index (χ1n) is 9.64. The Morgan fingerprint density at radius 2 is 1.94 bits per heavy atom. The van der Waals surface area contributed by atoms with E-state index in [-0.39, 0.29) is 16.4 Å².